The molecule has 1 fully saturated rings. The van der Waals surface area contributed by atoms with Crippen LogP contribution in [0.2, 0.25) is 0 Å². The van der Waals surface area contributed by atoms with Gasteiger partial charge in [0.1, 0.15) is 15.7 Å². The molecular weight excluding hydrogens is 366 g/mol. The molecule has 10 heteroatoms. The molecular formula is C17H27N7O2S. The monoisotopic (exact) mass is 393 g/mol. The molecule has 1 atom stereocenters. The van der Waals surface area contributed by atoms with E-state index in [2.05, 4.69) is 30.6 Å². The Labute approximate surface area is 160 Å². The van der Waals surface area contributed by atoms with Crippen molar-refractivity contribution in [3.8, 4) is 0 Å². The molecule has 0 spiro atoms. The first kappa shape index (κ1) is 19.6. The summed E-state index contributed by atoms with van der Waals surface area (Å²) in [6, 6.07) is 0.316. The maximum Gasteiger partial charge on any atom is 0.229 e. The minimum Gasteiger partial charge on any atom is -0.368 e. The Bertz CT molecular complexity index is 881. The lowest BCUT2D eigenvalue weighted by molar-refractivity contribution is 0.278. The summed E-state index contributed by atoms with van der Waals surface area (Å²) in [6.45, 7) is 4.22. The van der Waals surface area contributed by atoms with E-state index >= 15 is 0 Å². The van der Waals surface area contributed by atoms with Gasteiger partial charge in [0, 0.05) is 50.4 Å². The van der Waals surface area contributed by atoms with E-state index in [0.717, 1.165) is 43.0 Å². The van der Waals surface area contributed by atoms with Crippen LogP contribution in [0, 0.1) is 6.92 Å². The van der Waals surface area contributed by atoms with E-state index in [1.807, 2.05) is 20.2 Å². The van der Waals surface area contributed by atoms with Gasteiger partial charge in [-0.05, 0) is 26.3 Å². The molecule has 2 aromatic heterocycles. The lowest BCUT2D eigenvalue weighted by Gasteiger charge is -2.24. The van der Waals surface area contributed by atoms with Crippen LogP contribution in [-0.4, -0.2) is 70.8 Å². The van der Waals surface area contributed by atoms with Crippen LogP contribution in [0.5, 0.6) is 0 Å². The lowest BCUT2D eigenvalue weighted by Crippen LogP contribution is -2.38. The van der Waals surface area contributed by atoms with Crippen molar-refractivity contribution in [2.24, 2.45) is 7.05 Å². The van der Waals surface area contributed by atoms with E-state index in [1.165, 1.54) is 6.26 Å². The van der Waals surface area contributed by atoms with Crippen LogP contribution in [-0.2, 0) is 16.9 Å². The summed E-state index contributed by atoms with van der Waals surface area (Å²) in [7, 11) is -1.09. The normalized spacial score (nSPS) is 18.0. The average molecular weight is 394 g/mol. The smallest absolute Gasteiger partial charge is 0.229 e. The van der Waals surface area contributed by atoms with Crippen molar-refractivity contribution in [3.05, 3.63) is 24.2 Å². The van der Waals surface area contributed by atoms with Crippen molar-refractivity contribution in [2.75, 3.05) is 42.3 Å². The average Bonchev–Trinajstić information content (AvgIpc) is 3.21. The summed E-state index contributed by atoms with van der Waals surface area (Å²) in [5.74, 6) is 1.50. The highest BCUT2D eigenvalue weighted by molar-refractivity contribution is 7.90. The Kier molecular flexibility index (Phi) is 5.95. The second-order valence-corrected chi connectivity index (χ2v) is 9.36. The third-order valence-electron chi connectivity index (χ3n) is 4.69. The molecule has 1 aliphatic heterocycles. The van der Waals surface area contributed by atoms with Crippen LogP contribution in [0.1, 0.15) is 18.4 Å². The minimum atomic E-state index is -2.94. The van der Waals surface area contributed by atoms with Gasteiger partial charge in [0.25, 0.3) is 0 Å². The molecule has 9 nitrogen and oxygen atoms in total. The highest BCUT2D eigenvalue weighted by Crippen LogP contribution is 2.20. The van der Waals surface area contributed by atoms with Gasteiger partial charge in [0.15, 0.2) is 0 Å². The maximum atomic E-state index is 11.4. The summed E-state index contributed by atoms with van der Waals surface area (Å²) in [6.07, 6.45) is 8.79. The zero-order valence-corrected chi connectivity index (χ0v) is 16.8. The largest absolute Gasteiger partial charge is 0.368 e. The standard InChI is InChI=1S/C17H27N7O2S/c1-13-9-19-17(21-14-10-20-23(2)12-14)22-16(13)18-11-15-5-4-6-24(15)7-8-27(3,25)26/h9-10,12,15H,4-8,11H2,1-3H3,(H2,18,19,21,22)/t15-/m1/s1. The second kappa shape index (κ2) is 8.22. The number of nitrogens with one attached hydrogen (secondary N) is 2. The van der Waals surface area contributed by atoms with Gasteiger partial charge in [-0.2, -0.15) is 10.1 Å². The molecule has 0 aliphatic carbocycles. The van der Waals surface area contributed by atoms with Gasteiger partial charge in [-0.1, -0.05) is 0 Å². The van der Waals surface area contributed by atoms with E-state index in [1.54, 1.807) is 17.1 Å². The quantitative estimate of drug-likeness (QED) is 0.689. The van der Waals surface area contributed by atoms with Crippen molar-refractivity contribution in [2.45, 2.75) is 25.8 Å². The van der Waals surface area contributed by atoms with Crippen LogP contribution < -0.4 is 10.6 Å². The molecule has 0 amide bonds. The van der Waals surface area contributed by atoms with Crippen molar-refractivity contribution in [3.63, 3.8) is 0 Å². The van der Waals surface area contributed by atoms with Gasteiger partial charge in [-0.15, -0.1) is 0 Å². The van der Waals surface area contributed by atoms with Crippen LogP contribution >= 0.6 is 0 Å². The first-order valence-electron chi connectivity index (χ1n) is 9.05. The van der Waals surface area contributed by atoms with E-state index in [9.17, 15) is 8.42 Å². The number of aryl methyl sites for hydroxylation is 2. The molecule has 2 aromatic rings. The van der Waals surface area contributed by atoms with E-state index in [4.69, 9.17) is 0 Å². The molecule has 0 aromatic carbocycles. The molecule has 1 aliphatic rings. The summed E-state index contributed by atoms with van der Waals surface area (Å²) in [5.41, 5.74) is 1.79. The topological polar surface area (TPSA) is 105 Å². The number of likely N-dealkylation sites (tertiary alicyclic amines) is 1. The molecule has 27 heavy (non-hydrogen) atoms. The minimum absolute atomic E-state index is 0.204. The van der Waals surface area contributed by atoms with Crippen molar-refractivity contribution < 1.29 is 8.42 Å². The number of sulfone groups is 1. The Balaban J connectivity index is 1.60. The SMILES string of the molecule is Cc1cnc(Nc2cnn(C)c2)nc1NC[C@H]1CCCN1CCS(C)(=O)=O. The highest BCUT2D eigenvalue weighted by Gasteiger charge is 2.25. The third-order valence-corrected chi connectivity index (χ3v) is 5.61. The third kappa shape index (κ3) is 5.64. The summed E-state index contributed by atoms with van der Waals surface area (Å²) >= 11 is 0. The van der Waals surface area contributed by atoms with Gasteiger partial charge in [0.2, 0.25) is 5.95 Å². The molecule has 0 saturated carbocycles. The summed E-state index contributed by atoms with van der Waals surface area (Å²) in [5, 5.41) is 10.7. The number of nitrogens with zero attached hydrogens (tertiary/aromatic N) is 5. The number of aromatic nitrogens is 4. The molecule has 2 N–H and O–H groups in total. The number of rotatable bonds is 8. The second-order valence-electron chi connectivity index (χ2n) is 7.10. The molecule has 3 rings (SSSR count). The first-order valence-corrected chi connectivity index (χ1v) is 11.1. The predicted octanol–water partition coefficient (Wildman–Crippen LogP) is 1.18. The van der Waals surface area contributed by atoms with E-state index in [-0.39, 0.29) is 5.75 Å². The first-order chi connectivity index (χ1) is 12.8. The van der Waals surface area contributed by atoms with Crippen LogP contribution in [0.4, 0.5) is 17.5 Å². The van der Waals surface area contributed by atoms with Gasteiger partial charge in [-0.3, -0.25) is 9.58 Å². The van der Waals surface area contributed by atoms with Gasteiger partial charge >= 0.3 is 0 Å². The Morgan fingerprint density at radius 2 is 2.15 bits per heavy atom. The predicted molar refractivity (Wildman–Crippen MR) is 106 cm³/mol. The molecule has 3 heterocycles. The van der Waals surface area contributed by atoms with Gasteiger partial charge in [0.05, 0.1) is 17.6 Å². The molecule has 0 unspecified atom stereocenters. The fourth-order valence-corrected chi connectivity index (χ4v) is 3.78. The van der Waals surface area contributed by atoms with Crippen molar-refractivity contribution >= 4 is 27.3 Å². The van der Waals surface area contributed by atoms with Crippen molar-refractivity contribution in [1.82, 2.24) is 24.6 Å². The Morgan fingerprint density at radius 3 is 2.85 bits per heavy atom. The highest BCUT2D eigenvalue weighted by atomic mass is 32.2. The van der Waals surface area contributed by atoms with Crippen molar-refractivity contribution in [1.29, 1.82) is 0 Å². The van der Waals surface area contributed by atoms with Crippen LogP contribution in [0.25, 0.3) is 0 Å². The summed E-state index contributed by atoms with van der Waals surface area (Å²) < 4.78 is 24.6. The summed E-state index contributed by atoms with van der Waals surface area (Å²) in [4.78, 5) is 11.1. The zero-order chi connectivity index (χ0) is 19.4. The molecule has 0 radical (unpaired) electrons. The van der Waals surface area contributed by atoms with E-state index < -0.39 is 9.84 Å². The molecule has 148 valence electrons. The molecule has 0 bridgehead atoms. The van der Waals surface area contributed by atoms with Gasteiger partial charge < -0.3 is 10.6 Å². The molecule has 1 saturated heterocycles. The number of hydrogen-bond acceptors (Lipinski definition) is 8. The maximum absolute atomic E-state index is 11.4. The number of anilines is 3. The lowest BCUT2D eigenvalue weighted by atomic mass is 10.2. The van der Waals surface area contributed by atoms with E-state index in [0.29, 0.717) is 18.5 Å². The zero-order valence-electron chi connectivity index (χ0n) is 16.0. The van der Waals surface area contributed by atoms with Gasteiger partial charge in [-0.25, -0.2) is 13.4 Å². The Hall–Kier alpha value is -2.20. The number of hydrogen-bond donors (Lipinski definition) is 2. The Morgan fingerprint density at radius 1 is 1.33 bits per heavy atom. The fourth-order valence-electron chi connectivity index (χ4n) is 3.21. The van der Waals surface area contributed by atoms with Crippen LogP contribution in [0.15, 0.2) is 18.6 Å². The van der Waals surface area contributed by atoms with Crippen LogP contribution in [0.3, 0.4) is 0 Å². The fraction of sp³-hybridized carbons (Fsp3) is 0.588.